The molecule has 2 aromatic rings. The van der Waals surface area contributed by atoms with Gasteiger partial charge in [-0.1, -0.05) is 29.4 Å². The number of aliphatic hydroxyl groups excluding tert-OH is 1. The van der Waals surface area contributed by atoms with Crippen LogP contribution in [-0.4, -0.2) is 27.0 Å². The fraction of sp³-hybridized carbons (Fsp3) is 0.231. The first kappa shape index (κ1) is 14.1. The molecular formula is C13H13ClN2O2S. The maximum absolute atomic E-state index is 12.4. The molecule has 1 N–H and O–H groups in total. The van der Waals surface area contributed by atoms with Crippen LogP contribution in [0.4, 0.5) is 0 Å². The van der Waals surface area contributed by atoms with Crippen molar-refractivity contribution in [1.29, 1.82) is 0 Å². The predicted octanol–water partition coefficient (Wildman–Crippen LogP) is 2.32. The van der Waals surface area contributed by atoms with E-state index in [1.54, 1.807) is 28.8 Å². The van der Waals surface area contributed by atoms with Crippen LogP contribution in [0.3, 0.4) is 0 Å². The molecule has 0 bridgehead atoms. The van der Waals surface area contributed by atoms with Gasteiger partial charge in [-0.25, -0.2) is 4.98 Å². The van der Waals surface area contributed by atoms with E-state index in [2.05, 4.69) is 11.6 Å². The lowest BCUT2D eigenvalue weighted by atomic mass is 10.2. The van der Waals surface area contributed by atoms with Crippen LogP contribution in [0.25, 0.3) is 10.9 Å². The van der Waals surface area contributed by atoms with Crippen LogP contribution in [0.2, 0.25) is 5.02 Å². The largest absolute Gasteiger partial charge is 0.396 e. The van der Waals surface area contributed by atoms with E-state index in [1.807, 2.05) is 0 Å². The number of aromatic nitrogens is 2. The number of fused-ring (bicyclic) bond motifs is 1. The summed E-state index contributed by atoms with van der Waals surface area (Å²) in [5.41, 5.74) is 0.445. The molecule has 0 atom stereocenters. The van der Waals surface area contributed by atoms with Crippen LogP contribution in [0, 0.1) is 0 Å². The number of hydrogen-bond acceptors (Lipinski definition) is 4. The lowest BCUT2D eigenvalue weighted by Gasteiger charge is -2.10. The SMILES string of the molecule is C=CCn1c(SCCO)nc2cc(Cl)ccc2c1=O. The van der Waals surface area contributed by atoms with Gasteiger partial charge in [0.15, 0.2) is 5.16 Å². The summed E-state index contributed by atoms with van der Waals surface area (Å²) in [4.78, 5) is 16.8. The Morgan fingerprint density at radius 2 is 2.32 bits per heavy atom. The average molecular weight is 297 g/mol. The minimum atomic E-state index is -0.123. The van der Waals surface area contributed by atoms with E-state index in [0.717, 1.165) is 0 Å². The maximum atomic E-state index is 12.4. The van der Waals surface area contributed by atoms with E-state index in [9.17, 15) is 4.79 Å². The maximum Gasteiger partial charge on any atom is 0.262 e. The molecule has 0 fully saturated rings. The van der Waals surface area contributed by atoms with Gasteiger partial charge in [-0.3, -0.25) is 9.36 Å². The lowest BCUT2D eigenvalue weighted by Crippen LogP contribution is -2.23. The second-order valence-corrected chi connectivity index (χ2v) is 5.33. The zero-order valence-electron chi connectivity index (χ0n) is 10.2. The minimum Gasteiger partial charge on any atom is -0.396 e. The molecular weight excluding hydrogens is 284 g/mol. The van der Waals surface area contributed by atoms with Crippen LogP contribution in [0.15, 0.2) is 40.8 Å². The number of nitrogens with zero attached hydrogens (tertiary/aromatic N) is 2. The van der Waals surface area contributed by atoms with Gasteiger partial charge < -0.3 is 5.11 Å². The number of benzene rings is 1. The number of thioether (sulfide) groups is 1. The quantitative estimate of drug-likeness (QED) is 0.523. The Bertz CT molecular complexity index is 669. The van der Waals surface area contributed by atoms with Gasteiger partial charge >= 0.3 is 0 Å². The summed E-state index contributed by atoms with van der Waals surface area (Å²) in [5, 5.41) is 10.5. The first-order valence-corrected chi connectivity index (χ1v) is 7.08. The summed E-state index contributed by atoms with van der Waals surface area (Å²) in [5.74, 6) is 0.482. The fourth-order valence-electron chi connectivity index (χ4n) is 1.71. The summed E-state index contributed by atoms with van der Waals surface area (Å²) in [6, 6.07) is 5.01. The van der Waals surface area contributed by atoms with E-state index in [1.165, 1.54) is 11.8 Å². The molecule has 19 heavy (non-hydrogen) atoms. The smallest absolute Gasteiger partial charge is 0.262 e. The van der Waals surface area contributed by atoms with Crippen molar-refractivity contribution in [2.24, 2.45) is 0 Å². The van der Waals surface area contributed by atoms with Crippen molar-refractivity contribution in [1.82, 2.24) is 9.55 Å². The fourth-order valence-corrected chi connectivity index (χ4v) is 2.63. The first-order chi connectivity index (χ1) is 9.17. The molecule has 4 nitrogen and oxygen atoms in total. The molecule has 0 aliphatic rings. The zero-order chi connectivity index (χ0) is 13.8. The number of rotatable bonds is 5. The van der Waals surface area contributed by atoms with Crippen molar-refractivity contribution >= 4 is 34.3 Å². The van der Waals surface area contributed by atoms with Crippen LogP contribution in [0.5, 0.6) is 0 Å². The van der Waals surface area contributed by atoms with Crippen LogP contribution in [0.1, 0.15) is 0 Å². The van der Waals surface area contributed by atoms with Gasteiger partial charge in [-0.05, 0) is 18.2 Å². The van der Waals surface area contributed by atoms with Gasteiger partial charge in [0.2, 0.25) is 0 Å². The molecule has 0 amide bonds. The zero-order valence-corrected chi connectivity index (χ0v) is 11.7. The summed E-state index contributed by atoms with van der Waals surface area (Å²) in [6.07, 6.45) is 1.65. The van der Waals surface area contributed by atoms with Crippen molar-refractivity contribution in [3.8, 4) is 0 Å². The lowest BCUT2D eigenvalue weighted by molar-refractivity contribution is 0.322. The number of halogens is 1. The highest BCUT2D eigenvalue weighted by Gasteiger charge is 2.10. The molecule has 0 saturated carbocycles. The van der Waals surface area contributed by atoms with Crippen LogP contribution >= 0.6 is 23.4 Å². The van der Waals surface area contributed by atoms with Crippen LogP contribution < -0.4 is 5.56 Å². The van der Waals surface area contributed by atoms with Gasteiger partial charge in [0.1, 0.15) is 0 Å². The normalized spacial score (nSPS) is 10.8. The van der Waals surface area contributed by atoms with E-state index in [-0.39, 0.29) is 12.2 Å². The second-order valence-electron chi connectivity index (χ2n) is 3.83. The number of hydrogen-bond donors (Lipinski definition) is 1. The average Bonchev–Trinajstić information content (AvgIpc) is 2.40. The highest BCUT2D eigenvalue weighted by Crippen LogP contribution is 2.20. The van der Waals surface area contributed by atoms with Crippen molar-refractivity contribution in [2.75, 3.05) is 12.4 Å². The third-order valence-corrected chi connectivity index (χ3v) is 3.71. The standard InChI is InChI=1S/C13H13ClN2O2S/c1-2-5-16-12(18)10-4-3-9(14)8-11(10)15-13(16)19-7-6-17/h2-4,8,17H,1,5-7H2. The molecule has 0 aliphatic heterocycles. The molecule has 0 saturated heterocycles. The van der Waals surface area contributed by atoms with Gasteiger partial charge in [0.25, 0.3) is 5.56 Å². The highest BCUT2D eigenvalue weighted by atomic mass is 35.5. The van der Waals surface area contributed by atoms with Crippen molar-refractivity contribution in [2.45, 2.75) is 11.7 Å². The van der Waals surface area contributed by atoms with E-state index < -0.39 is 0 Å². The van der Waals surface area contributed by atoms with Gasteiger partial charge in [0, 0.05) is 17.3 Å². The summed E-state index contributed by atoms with van der Waals surface area (Å²) >= 11 is 7.25. The molecule has 2 rings (SSSR count). The summed E-state index contributed by atoms with van der Waals surface area (Å²) < 4.78 is 1.55. The molecule has 1 aromatic carbocycles. The summed E-state index contributed by atoms with van der Waals surface area (Å²) in [7, 11) is 0. The second kappa shape index (κ2) is 6.23. The highest BCUT2D eigenvalue weighted by molar-refractivity contribution is 7.99. The third kappa shape index (κ3) is 3.00. The first-order valence-electron chi connectivity index (χ1n) is 5.72. The molecule has 0 radical (unpaired) electrons. The molecule has 1 aromatic heterocycles. The Labute approximate surface area is 119 Å². The molecule has 0 spiro atoms. The van der Waals surface area contributed by atoms with Crippen LogP contribution in [-0.2, 0) is 6.54 Å². The molecule has 100 valence electrons. The van der Waals surface area contributed by atoms with Gasteiger partial charge in [-0.15, -0.1) is 6.58 Å². The molecule has 0 unspecified atom stereocenters. The van der Waals surface area contributed by atoms with Gasteiger partial charge in [-0.2, -0.15) is 0 Å². The van der Waals surface area contributed by atoms with Crippen molar-refractivity contribution in [3.05, 3.63) is 46.2 Å². The van der Waals surface area contributed by atoms with E-state index >= 15 is 0 Å². The Kier molecular flexibility index (Phi) is 4.63. The van der Waals surface area contributed by atoms with Gasteiger partial charge in [0.05, 0.1) is 17.5 Å². The topological polar surface area (TPSA) is 55.1 Å². The Morgan fingerprint density at radius 1 is 1.53 bits per heavy atom. The van der Waals surface area contributed by atoms with E-state index in [4.69, 9.17) is 16.7 Å². The monoisotopic (exact) mass is 296 g/mol. The molecule has 6 heteroatoms. The number of allylic oxidation sites excluding steroid dienone is 1. The van der Waals surface area contributed by atoms with Crippen molar-refractivity contribution < 1.29 is 5.11 Å². The summed E-state index contributed by atoms with van der Waals surface area (Å²) in [6.45, 7) is 4.06. The molecule has 1 heterocycles. The number of aliphatic hydroxyl groups is 1. The Morgan fingerprint density at radius 3 is 3.00 bits per heavy atom. The Hall–Kier alpha value is -1.30. The Balaban J connectivity index is 2.66. The molecule has 0 aliphatic carbocycles. The van der Waals surface area contributed by atoms with E-state index in [0.29, 0.717) is 33.4 Å². The van der Waals surface area contributed by atoms with Crippen molar-refractivity contribution in [3.63, 3.8) is 0 Å². The third-order valence-electron chi connectivity index (χ3n) is 2.52. The minimum absolute atomic E-state index is 0.0300. The predicted molar refractivity (Wildman–Crippen MR) is 79.0 cm³/mol.